The van der Waals surface area contributed by atoms with E-state index in [1.807, 2.05) is 17.5 Å². The van der Waals surface area contributed by atoms with E-state index in [0.717, 1.165) is 4.88 Å². The predicted octanol–water partition coefficient (Wildman–Crippen LogP) is 2.46. The van der Waals surface area contributed by atoms with Crippen LogP contribution < -0.4 is 0 Å². The molecule has 2 heterocycles. The summed E-state index contributed by atoms with van der Waals surface area (Å²) in [6.45, 7) is 4.59. The standard InChI is InChI=1S/C16H19NO4S/c1-4-21-16(19)14-11(2)17(7-8-20-3)15(18)13(14)10-12-6-5-9-22-12/h5-6,9-10H,4,7-8H2,1-3H3/b13-10+. The molecule has 1 aliphatic heterocycles. The molecule has 1 aliphatic rings. The van der Waals surface area contributed by atoms with Crippen molar-refractivity contribution in [3.8, 4) is 0 Å². The van der Waals surface area contributed by atoms with Crippen molar-refractivity contribution in [2.75, 3.05) is 26.9 Å². The number of hydrogen-bond acceptors (Lipinski definition) is 5. The Kier molecular flexibility index (Phi) is 5.51. The zero-order chi connectivity index (χ0) is 16.1. The molecular weight excluding hydrogens is 302 g/mol. The molecule has 0 aromatic carbocycles. The number of rotatable bonds is 6. The van der Waals surface area contributed by atoms with Crippen LogP contribution in [0.3, 0.4) is 0 Å². The highest BCUT2D eigenvalue weighted by atomic mass is 32.1. The maximum Gasteiger partial charge on any atom is 0.340 e. The molecule has 0 spiro atoms. The second kappa shape index (κ2) is 7.38. The Bertz CT molecular complexity index is 616. The van der Waals surface area contributed by atoms with Gasteiger partial charge in [0.1, 0.15) is 0 Å². The maximum atomic E-state index is 12.6. The van der Waals surface area contributed by atoms with E-state index in [1.165, 1.54) is 11.3 Å². The molecule has 0 unspecified atom stereocenters. The number of carbonyl (C=O) groups is 2. The monoisotopic (exact) mass is 321 g/mol. The minimum Gasteiger partial charge on any atom is -0.462 e. The Labute approximate surface area is 133 Å². The first-order valence-electron chi connectivity index (χ1n) is 7.04. The van der Waals surface area contributed by atoms with Gasteiger partial charge in [-0.3, -0.25) is 4.79 Å². The van der Waals surface area contributed by atoms with Gasteiger partial charge in [0.05, 0.1) is 24.4 Å². The van der Waals surface area contributed by atoms with Crippen molar-refractivity contribution in [2.45, 2.75) is 13.8 Å². The molecule has 1 aromatic heterocycles. The molecule has 0 bridgehead atoms. The molecule has 0 aliphatic carbocycles. The Hall–Kier alpha value is -1.92. The third-order valence-corrected chi connectivity index (χ3v) is 4.16. The maximum absolute atomic E-state index is 12.6. The van der Waals surface area contributed by atoms with Crippen LogP contribution in [0.2, 0.25) is 0 Å². The van der Waals surface area contributed by atoms with Gasteiger partial charge in [-0.1, -0.05) is 6.07 Å². The smallest absolute Gasteiger partial charge is 0.340 e. The summed E-state index contributed by atoms with van der Waals surface area (Å²) in [6.07, 6.45) is 1.75. The topological polar surface area (TPSA) is 55.8 Å². The van der Waals surface area contributed by atoms with Crippen LogP contribution in [0.15, 0.2) is 34.4 Å². The summed E-state index contributed by atoms with van der Waals surface area (Å²) in [5.41, 5.74) is 1.34. The lowest BCUT2D eigenvalue weighted by molar-refractivity contribution is -0.138. The van der Waals surface area contributed by atoms with Gasteiger partial charge in [0.15, 0.2) is 0 Å². The van der Waals surface area contributed by atoms with Gasteiger partial charge in [0.2, 0.25) is 0 Å². The molecule has 0 fully saturated rings. The highest BCUT2D eigenvalue weighted by Crippen LogP contribution is 2.32. The minimum atomic E-state index is -0.462. The van der Waals surface area contributed by atoms with Gasteiger partial charge in [-0.25, -0.2) is 4.79 Å². The number of esters is 1. The van der Waals surface area contributed by atoms with E-state index in [-0.39, 0.29) is 12.5 Å². The molecule has 0 saturated heterocycles. The molecule has 5 nitrogen and oxygen atoms in total. The van der Waals surface area contributed by atoms with E-state index >= 15 is 0 Å². The number of methoxy groups -OCH3 is 1. The Morgan fingerprint density at radius 3 is 2.82 bits per heavy atom. The summed E-state index contributed by atoms with van der Waals surface area (Å²) in [7, 11) is 1.58. The van der Waals surface area contributed by atoms with Crippen molar-refractivity contribution >= 4 is 29.3 Å². The third kappa shape index (κ3) is 3.28. The predicted molar refractivity (Wildman–Crippen MR) is 85.2 cm³/mol. The van der Waals surface area contributed by atoms with Crippen LogP contribution >= 0.6 is 11.3 Å². The first kappa shape index (κ1) is 16.5. The molecule has 0 atom stereocenters. The molecule has 6 heteroatoms. The van der Waals surface area contributed by atoms with E-state index < -0.39 is 5.97 Å². The van der Waals surface area contributed by atoms with E-state index in [0.29, 0.717) is 30.0 Å². The molecule has 118 valence electrons. The lowest BCUT2D eigenvalue weighted by atomic mass is 10.1. The summed E-state index contributed by atoms with van der Waals surface area (Å²) in [5, 5.41) is 1.93. The molecule has 0 radical (unpaired) electrons. The van der Waals surface area contributed by atoms with Gasteiger partial charge >= 0.3 is 5.97 Å². The minimum absolute atomic E-state index is 0.189. The van der Waals surface area contributed by atoms with Crippen molar-refractivity contribution in [2.24, 2.45) is 0 Å². The fraction of sp³-hybridized carbons (Fsp3) is 0.375. The van der Waals surface area contributed by atoms with E-state index in [1.54, 1.807) is 31.9 Å². The number of nitrogens with zero attached hydrogens (tertiary/aromatic N) is 1. The van der Waals surface area contributed by atoms with Gasteiger partial charge in [-0.15, -0.1) is 11.3 Å². The van der Waals surface area contributed by atoms with Crippen LogP contribution in [0.25, 0.3) is 6.08 Å². The van der Waals surface area contributed by atoms with Gasteiger partial charge in [-0.2, -0.15) is 0 Å². The molecule has 0 N–H and O–H groups in total. The Balaban J connectivity index is 2.41. The normalized spacial score (nSPS) is 16.8. The summed E-state index contributed by atoms with van der Waals surface area (Å²) in [5.74, 6) is -0.651. The first-order chi connectivity index (χ1) is 10.6. The highest BCUT2D eigenvalue weighted by molar-refractivity contribution is 7.10. The highest BCUT2D eigenvalue weighted by Gasteiger charge is 2.36. The van der Waals surface area contributed by atoms with Gasteiger partial charge in [-0.05, 0) is 31.4 Å². The number of hydrogen-bond donors (Lipinski definition) is 0. The fourth-order valence-electron chi connectivity index (χ4n) is 2.30. The Morgan fingerprint density at radius 2 is 2.23 bits per heavy atom. The average Bonchev–Trinajstić information content (AvgIpc) is 3.07. The second-order valence-corrected chi connectivity index (χ2v) is 5.68. The zero-order valence-electron chi connectivity index (χ0n) is 12.9. The number of amides is 1. The van der Waals surface area contributed by atoms with Crippen molar-refractivity contribution in [1.29, 1.82) is 0 Å². The largest absolute Gasteiger partial charge is 0.462 e. The molecule has 1 amide bonds. The second-order valence-electron chi connectivity index (χ2n) is 4.70. The van der Waals surface area contributed by atoms with E-state index in [2.05, 4.69) is 0 Å². The van der Waals surface area contributed by atoms with Crippen LogP contribution in [0.1, 0.15) is 18.7 Å². The van der Waals surface area contributed by atoms with Gasteiger partial charge in [0, 0.05) is 24.2 Å². The van der Waals surface area contributed by atoms with Crippen LogP contribution in [0, 0.1) is 0 Å². The molecule has 0 saturated carbocycles. The number of ether oxygens (including phenoxy) is 2. The summed E-state index contributed by atoms with van der Waals surface area (Å²) in [6, 6.07) is 3.81. The SMILES string of the molecule is CCOC(=O)C1=C(C)N(CCOC)C(=O)/C1=C/c1cccs1. The lowest BCUT2D eigenvalue weighted by Crippen LogP contribution is -2.28. The zero-order valence-corrected chi connectivity index (χ0v) is 13.7. The molecule has 1 aromatic rings. The summed E-state index contributed by atoms with van der Waals surface area (Å²) >= 11 is 1.51. The van der Waals surface area contributed by atoms with E-state index in [9.17, 15) is 9.59 Å². The number of thiophene rings is 1. The lowest BCUT2D eigenvalue weighted by Gasteiger charge is -2.16. The van der Waals surface area contributed by atoms with Crippen LogP contribution in [-0.4, -0.2) is 43.6 Å². The molecule has 22 heavy (non-hydrogen) atoms. The van der Waals surface area contributed by atoms with Gasteiger partial charge < -0.3 is 14.4 Å². The van der Waals surface area contributed by atoms with Gasteiger partial charge in [0.25, 0.3) is 5.91 Å². The fourth-order valence-corrected chi connectivity index (χ4v) is 2.95. The van der Waals surface area contributed by atoms with Crippen molar-refractivity contribution in [1.82, 2.24) is 4.90 Å². The van der Waals surface area contributed by atoms with Crippen molar-refractivity contribution in [3.05, 3.63) is 39.2 Å². The van der Waals surface area contributed by atoms with Crippen LogP contribution in [-0.2, 0) is 19.1 Å². The molecular formula is C16H19NO4S. The quantitative estimate of drug-likeness (QED) is 0.596. The number of allylic oxidation sites excluding steroid dienone is 1. The van der Waals surface area contributed by atoms with E-state index in [4.69, 9.17) is 9.47 Å². The third-order valence-electron chi connectivity index (χ3n) is 3.34. The average molecular weight is 321 g/mol. The summed E-state index contributed by atoms with van der Waals surface area (Å²) in [4.78, 5) is 27.3. The van der Waals surface area contributed by atoms with Crippen molar-refractivity contribution < 1.29 is 19.1 Å². The summed E-state index contributed by atoms with van der Waals surface area (Å²) < 4.78 is 10.1. The molecule has 2 rings (SSSR count). The van der Waals surface area contributed by atoms with Crippen LogP contribution in [0.4, 0.5) is 0 Å². The number of carbonyl (C=O) groups excluding carboxylic acids is 2. The Morgan fingerprint density at radius 1 is 1.45 bits per heavy atom. The first-order valence-corrected chi connectivity index (χ1v) is 7.92. The van der Waals surface area contributed by atoms with Crippen LogP contribution in [0.5, 0.6) is 0 Å². The van der Waals surface area contributed by atoms with Crippen molar-refractivity contribution in [3.63, 3.8) is 0 Å².